The average Bonchev–Trinajstić information content (AvgIpc) is 2.40. The van der Waals surface area contributed by atoms with E-state index in [1.807, 2.05) is 12.3 Å². The summed E-state index contributed by atoms with van der Waals surface area (Å²) in [5, 5.41) is 12.9. The molecule has 0 bridgehead atoms. The van der Waals surface area contributed by atoms with E-state index in [9.17, 15) is 0 Å². The van der Waals surface area contributed by atoms with E-state index in [4.69, 9.17) is 22.6 Å². The number of benzene rings is 1. The van der Waals surface area contributed by atoms with Crippen LogP contribution in [0.15, 0.2) is 29.4 Å². The number of thioether (sulfide) groups is 1. The average molecular weight is 292 g/mol. The van der Waals surface area contributed by atoms with Crippen molar-refractivity contribution in [1.82, 2.24) is 9.97 Å². The highest BCUT2D eigenvalue weighted by Crippen LogP contribution is 2.26. The van der Waals surface area contributed by atoms with Crippen LogP contribution < -0.4 is 11.1 Å². The van der Waals surface area contributed by atoms with Gasteiger partial charge in [-0.15, -0.1) is 0 Å². The summed E-state index contributed by atoms with van der Waals surface area (Å²) < 4.78 is 0. The van der Waals surface area contributed by atoms with E-state index in [-0.39, 0.29) is 0 Å². The van der Waals surface area contributed by atoms with Crippen molar-refractivity contribution in [1.29, 1.82) is 5.26 Å². The molecule has 0 fully saturated rings. The Hall–Kier alpha value is -1.97. The quantitative estimate of drug-likeness (QED) is 0.667. The van der Waals surface area contributed by atoms with E-state index in [0.717, 1.165) is 0 Å². The SMILES string of the molecule is CSc1nc(N)cc(Nc2ccc(C#N)cc2Cl)n1. The zero-order valence-corrected chi connectivity index (χ0v) is 11.6. The first-order valence-electron chi connectivity index (χ1n) is 5.27. The topological polar surface area (TPSA) is 87.6 Å². The van der Waals surface area contributed by atoms with Crippen molar-refractivity contribution in [2.45, 2.75) is 5.16 Å². The zero-order valence-electron chi connectivity index (χ0n) is 10.0. The molecule has 0 atom stereocenters. The van der Waals surface area contributed by atoms with Gasteiger partial charge < -0.3 is 11.1 Å². The number of nitrogens with two attached hydrogens (primary N) is 1. The molecule has 0 aliphatic heterocycles. The van der Waals surface area contributed by atoms with Crippen molar-refractivity contribution in [3.8, 4) is 6.07 Å². The molecule has 0 unspecified atom stereocenters. The number of anilines is 3. The summed E-state index contributed by atoms with van der Waals surface area (Å²) in [5.41, 5.74) is 6.85. The molecule has 2 rings (SSSR count). The summed E-state index contributed by atoms with van der Waals surface area (Å²) in [6, 6.07) is 8.63. The molecule has 5 nitrogen and oxygen atoms in total. The van der Waals surface area contributed by atoms with Crippen molar-refractivity contribution < 1.29 is 0 Å². The monoisotopic (exact) mass is 291 g/mol. The zero-order chi connectivity index (χ0) is 13.8. The molecule has 0 aliphatic carbocycles. The second kappa shape index (κ2) is 5.78. The number of halogens is 1. The number of nitrogens with zero attached hydrogens (tertiary/aromatic N) is 3. The lowest BCUT2D eigenvalue weighted by Crippen LogP contribution is -2.00. The Bertz CT molecular complexity index is 653. The van der Waals surface area contributed by atoms with E-state index in [1.54, 1.807) is 24.3 Å². The number of hydrogen-bond acceptors (Lipinski definition) is 6. The molecular weight excluding hydrogens is 282 g/mol. The molecule has 2 aromatic rings. The number of hydrogen-bond donors (Lipinski definition) is 2. The van der Waals surface area contributed by atoms with E-state index in [1.165, 1.54) is 11.8 Å². The van der Waals surface area contributed by atoms with Crippen molar-refractivity contribution in [3.05, 3.63) is 34.9 Å². The van der Waals surface area contributed by atoms with Gasteiger partial charge in [0.1, 0.15) is 11.6 Å². The normalized spacial score (nSPS) is 9.95. The van der Waals surface area contributed by atoms with Gasteiger partial charge in [0.15, 0.2) is 5.16 Å². The van der Waals surface area contributed by atoms with Crippen LogP contribution in [0.3, 0.4) is 0 Å². The fourth-order valence-corrected chi connectivity index (χ4v) is 2.04. The van der Waals surface area contributed by atoms with E-state index >= 15 is 0 Å². The molecule has 7 heteroatoms. The van der Waals surface area contributed by atoms with Gasteiger partial charge in [-0.25, -0.2) is 9.97 Å². The minimum atomic E-state index is 0.381. The molecule has 0 radical (unpaired) electrons. The Morgan fingerprint density at radius 1 is 1.37 bits per heavy atom. The van der Waals surface area contributed by atoms with Crippen LogP contribution in [0.25, 0.3) is 0 Å². The first-order chi connectivity index (χ1) is 9.12. The second-order valence-corrected chi connectivity index (χ2v) is 4.78. The third-order valence-electron chi connectivity index (χ3n) is 2.27. The van der Waals surface area contributed by atoms with Gasteiger partial charge in [0.05, 0.1) is 22.3 Å². The van der Waals surface area contributed by atoms with Gasteiger partial charge in [0.25, 0.3) is 0 Å². The highest BCUT2D eigenvalue weighted by molar-refractivity contribution is 7.98. The standard InChI is InChI=1S/C12H10ClN5S/c1-19-12-17-10(15)5-11(18-12)16-9-3-2-7(6-14)4-8(9)13/h2-5H,1H3,(H3,15,16,17,18). The molecule has 19 heavy (non-hydrogen) atoms. The van der Waals surface area contributed by atoms with Crippen LogP contribution in [-0.2, 0) is 0 Å². The van der Waals surface area contributed by atoms with E-state index < -0.39 is 0 Å². The Morgan fingerprint density at radius 2 is 2.16 bits per heavy atom. The first-order valence-corrected chi connectivity index (χ1v) is 6.88. The summed E-state index contributed by atoms with van der Waals surface area (Å²) in [6.45, 7) is 0. The lowest BCUT2D eigenvalue weighted by atomic mass is 10.2. The van der Waals surface area contributed by atoms with Crippen molar-refractivity contribution in [2.75, 3.05) is 17.3 Å². The van der Waals surface area contributed by atoms with Crippen LogP contribution in [0.5, 0.6) is 0 Å². The lowest BCUT2D eigenvalue weighted by molar-refractivity contribution is 0.984. The molecule has 0 amide bonds. The fourth-order valence-electron chi connectivity index (χ4n) is 1.42. The van der Waals surface area contributed by atoms with Crippen LogP contribution in [0, 0.1) is 11.3 Å². The van der Waals surface area contributed by atoms with Gasteiger partial charge in [-0.1, -0.05) is 23.4 Å². The predicted molar refractivity (Wildman–Crippen MR) is 77.7 cm³/mol. The summed E-state index contributed by atoms with van der Waals surface area (Å²) >= 11 is 7.48. The van der Waals surface area contributed by atoms with Crippen LogP contribution in [-0.4, -0.2) is 16.2 Å². The van der Waals surface area contributed by atoms with Gasteiger partial charge in [-0.05, 0) is 24.5 Å². The predicted octanol–water partition coefficient (Wildman–Crippen LogP) is 3.05. The number of nitrogens with one attached hydrogen (secondary N) is 1. The fraction of sp³-hybridized carbons (Fsp3) is 0.0833. The molecule has 96 valence electrons. The smallest absolute Gasteiger partial charge is 0.191 e. The minimum Gasteiger partial charge on any atom is -0.383 e. The Kier molecular flexibility index (Phi) is 4.10. The number of nitrogen functional groups attached to an aromatic ring is 1. The molecule has 0 spiro atoms. The maximum Gasteiger partial charge on any atom is 0.191 e. The molecule has 1 aromatic carbocycles. The van der Waals surface area contributed by atoms with Gasteiger partial charge in [-0.2, -0.15) is 5.26 Å². The number of rotatable bonds is 3. The molecular formula is C12H10ClN5S. The molecule has 1 aromatic heterocycles. The largest absolute Gasteiger partial charge is 0.383 e. The van der Waals surface area contributed by atoms with Gasteiger partial charge in [0.2, 0.25) is 0 Å². The highest BCUT2D eigenvalue weighted by atomic mass is 35.5. The third-order valence-corrected chi connectivity index (χ3v) is 3.13. The maximum atomic E-state index is 8.78. The van der Waals surface area contributed by atoms with Gasteiger partial charge in [-0.3, -0.25) is 0 Å². The molecule has 0 saturated heterocycles. The highest BCUT2D eigenvalue weighted by Gasteiger charge is 2.06. The Morgan fingerprint density at radius 3 is 2.79 bits per heavy atom. The minimum absolute atomic E-state index is 0.381. The van der Waals surface area contributed by atoms with Crippen LogP contribution >= 0.6 is 23.4 Å². The van der Waals surface area contributed by atoms with E-state index in [2.05, 4.69) is 15.3 Å². The summed E-state index contributed by atoms with van der Waals surface area (Å²) in [5.74, 6) is 0.940. The number of aromatic nitrogens is 2. The summed E-state index contributed by atoms with van der Waals surface area (Å²) in [6.07, 6.45) is 1.87. The molecule has 1 heterocycles. The molecule has 3 N–H and O–H groups in total. The molecule has 0 aliphatic rings. The van der Waals surface area contributed by atoms with Crippen LogP contribution in [0.1, 0.15) is 5.56 Å². The Labute approximate surface area is 119 Å². The summed E-state index contributed by atoms with van der Waals surface area (Å²) in [4.78, 5) is 8.33. The van der Waals surface area contributed by atoms with Crippen molar-refractivity contribution in [3.63, 3.8) is 0 Å². The van der Waals surface area contributed by atoms with Crippen molar-refractivity contribution >= 4 is 40.7 Å². The maximum absolute atomic E-state index is 8.78. The second-order valence-electron chi connectivity index (χ2n) is 3.60. The van der Waals surface area contributed by atoms with Gasteiger partial charge >= 0.3 is 0 Å². The van der Waals surface area contributed by atoms with Gasteiger partial charge in [0, 0.05) is 6.07 Å². The van der Waals surface area contributed by atoms with Crippen LogP contribution in [0.2, 0.25) is 5.02 Å². The van der Waals surface area contributed by atoms with E-state index in [0.29, 0.717) is 33.1 Å². The Balaban J connectivity index is 2.31. The van der Waals surface area contributed by atoms with Crippen molar-refractivity contribution in [2.24, 2.45) is 0 Å². The van der Waals surface area contributed by atoms with Crippen LogP contribution in [0.4, 0.5) is 17.3 Å². The number of nitriles is 1. The third kappa shape index (κ3) is 3.28. The molecule has 0 saturated carbocycles. The lowest BCUT2D eigenvalue weighted by Gasteiger charge is -2.09. The summed E-state index contributed by atoms with van der Waals surface area (Å²) in [7, 11) is 0. The first kappa shape index (κ1) is 13.5.